The molecule has 0 aliphatic carbocycles. The summed E-state index contributed by atoms with van der Waals surface area (Å²) in [4.78, 5) is 23.1. The van der Waals surface area contributed by atoms with Crippen LogP contribution in [0, 0.1) is 19.3 Å². The molecule has 6 heteroatoms. The first-order chi connectivity index (χ1) is 10.4. The highest BCUT2D eigenvalue weighted by molar-refractivity contribution is 5.77. The van der Waals surface area contributed by atoms with E-state index in [2.05, 4.69) is 32.3 Å². The molecule has 1 fully saturated rings. The number of aryl methyl sites for hydroxylation is 2. The maximum absolute atomic E-state index is 11.9. The lowest BCUT2D eigenvalue weighted by molar-refractivity contribution is -0.151. The average Bonchev–Trinajstić information content (AvgIpc) is 3.03. The first-order valence-electron chi connectivity index (χ1n) is 7.54. The van der Waals surface area contributed by atoms with E-state index in [1.165, 1.54) is 7.11 Å². The number of hydrogen-bond acceptors (Lipinski definition) is 5. The van der Waals surface area contributed by atoms with E-state index in [9.17, 15) is 4.79 Å². The van der Waals surface area contributed by atoms with Gasteiger partial charge in [-0.2, -0.15) is 0 Å². The fourth-order valence-electron chi connectivity index (χ4n) is 3.34. The van der Waals surface area contributed by atoms with Crippen molar-refractivity contribution in [3.63, 3.8) is 0 Å². The molecule has 3 rings (SSSR count). The van der Waals surface area contributed by atoms with E-state index >= 15 is 0 Å². The summed E-state index contributed by atoms with van der Waals surface area (Å²) in [5.74, 6) is 0.615. The number of nitrogens with zero attached hydrogens (tertiary/aromatic N) is 4. The molecule has 1 aliphatic heterocycles. The summed E-state index contributed by atoms with van der Waals surface area (Å²) in [5.41, 5.74) is 2.81. The number of likely N-dealkylation sites (tertiary alicyclic amines) is 1. The van der Waals surface area contributed by atoms with Gasteiger partial charge in [-0.1, -0.05) is 0 Å². The highest BCUT2D eigenvalue weighted by Crippen LogP contribution is 2.32. The van der Waals surface area contributed by atoms with Gasteiger partial charge in [-0.25, -0.2) is 9.97 Å². The topological polar surface area (TPSA) is 59.7 Å². The van der Waals surface area contributed by atoms with Gasteiger partial charge in [0.2, 0.25) is 5.78 Å². The van der Waals surface area contributed by atoms with Crippen molar-refractivity contribution < 1.29 is 9.53 Å². The number of carbonyl (C=O) groups excluding carboxylic acids is 1. The molecule has 2 aromatic rings. The van der Waals surface area contributed by atoms with Gasteiger partial charge in [0.25, 0.3) is 0 Å². The normalized spacial score (nSPS) is 22.4. The first kappa shape index (κ1) is 15.0. The molecular formula is C16H22N4O2. The summed E-state index contributed by atoms with van der Waals surface area (Å²) in [6, 6.07) is 2.06. The lowest BCUT2D eigenvalue weighted by atomic mass is 9.90. The number of esters is 1. The van der Waals surface area contributed by atoms with Crippen molar-refractivity contribution in [2.24, 2.45) is 5.41 Å². The number of methoxy groups -OCH3 is 1. The molecule has 2 aromatic heterocycles. The molecule has 0 saturated carbocycles. The van der Waals surface area contributed by atoms with Crippen molar-refractivity contribution in [3.8, 4) is 0 Å². The maximum Gasteiger partial charge on any atom is 0.312 e. The zero-order chi connectivity index (χ0) is 15.9. The highest BCUT2D eigenvalue weighted by Gasteiger charge is 2.41. The van der Waals surface area contributed by atoms with Crippen LogP contribution >= 0.6 is 0 Å². The number of hydrogen-bond donors (Lipinski definition) is 0. The van der Waals surface area contributed by atoms with Crippen LogP contribution in [0.2, 0.25) is 0 Å². The molecule has 1 aliphatic rings. The van der Waals surface area contributed by atoms with Crippen molar-refractivity contribution >= 4 is 11.7 Å². The Balaban J connectivity index is 1.82. The third-order valence-corrected chi connectivity index (χ3v) is 4.48. The van der Waals surface area contributed by atoms with Crippen molar-refractivity contribution in [2.75, 3.05) is 20.2 Å². The fourth-order valence-corrected chi connectivity index (χ4v) is 3.34. The Hall–Kier alpha value is -1.95. The average molecular weight is 302 g/mol. The zero-order valence-corrected chi connectivity index (χ0v) is 13.6. The van der Waals surface area contributed by atoms with Crippen molar-refractivity contribution in [1.82, 2.24) is 19.3 Å². The van der Waals surface area contributed by atoms with Gasteiger partial charge >= 0.3 is 5.97 Å². The Morgan fingerprint density at radius 2 is 2.23 bits per heavy atom. The predicted molar refractivity (Wildman–Crippen MR) is 82.5 cm³/mol. The van der Waals surface area contributed by atoms with Crippen molar-refractivity contribution in [1.29, 1.82) is 0 Å². The molecule has 3 heterocycles. The SMILES string of the molecule is COC(=O)[C@@]1(C)CCN(Cc2cnc3nc(C)cc(C)n23)C1. The third kappa shape index (κ3) is 2.47. The van der Waals surface area contributed by atoms with E-state index in [0.29, 0.717) is 6.54 Å². The van der Waals surface area contributed by atoms with Gasteiger partial charge in [-0.3, -0.25) is 14.1 Å². The van der Waals surface area contributed by atoms with Crippen molar-refractivity contribution in [2.45, 2.75) is 33.7 Å². The standard InChI is InChI=1S/C16H22N4O2/c1-11-7-12(2)20-13(8-17-15(20)18-11)9-19-6-5-16(3,10-19)14(21)22-4/h7-8H,5-6,9-10H2,1-4H3/t16-/m0/s1. The van der Waals surface area contributed by atoms with Crippen LogP contribution in [0.5, 0.6) is 0 Å². The molecule has 0 bridgehead atoms. The van der Waals surface area contributed by atoms with Gasteiger partial charge in [-0.15, -0.1) is 0 Å². The quantitative estimate of drug-likeness (QED) is 0.808. The van der Waals surface area contributed by atoms with Crippen LogP contribution in [-0.4, -0.2) is 45.4 Å². The Labute approximate surface area is 130 Å². The minimum absolute atomic E-state index is 0.124. The molecule has 6 nitrogen and oxygen atoms in total. The van der Waals surface area contributed by atoms with Crippen LogP contribution in [0.15, 0.2) is 12.3 Å². The predicted octanol–water partition coefficient (Wildman–Crippen LogP) is 1.73. The van der Waals surface area contributed by atoms with Gasteiger partial charge in [0, 0.05) is 24.5 Å². The number of imidazole rings is 1. The fraction of sp³-hybridized carbons (Fsp3) is 0.562. The Morgan fingerprint density at radius 1 is 1.45 bits per heavy atom. The summed E-state index contributed by atoms with van der Waals surface area (Å²) in [6.45, 7) is 8.38. The Kier molecular flexibility index (Phi) is 3.64. The van der Waals surface area contributed by atoms with E-state index in [1.54, 1.807) is 0 Å². The monoisotopic (exact) mass is 302 g/mol. The largest absolute Gasteiger partial charge is 0.469 e. The smallest absolute Gasteiger partial charge is 0.312 e. The van der Waals surface area contributed by atoms with E-state index in [0.717, 1.165) is 42.4 Å². The summed E-state index contributed by atoms with van der Waals surface area (Å²) >= 11 is 0. The number of carbonyl (C=O) groups is 1. The second-order valence-corrected chi connectivity index (χ2v) is 6.44. The Bertz CT molecular complexity index is 724. The van der Waals surface area contributed by atoms with E-state index in [1.807, 2.05) is 20.0 Å². The number of aromatic nitrogens is 3. The van der Waals surface area contributed by atoms with E-state index in [4.69, 9.17) is 4.74 Å². The molecule has 1 atom stereocenters. The number of ether oxygens (including phenoxy) is 1. The first-order valence-corrected chi connectivity index (χ1v) is 7.54. The molecule has 0 spiro atoms. The Morgan fingerprint density at radius 3 is 2.95 bits per heavy atom. The molecule has 0 amide bonds. The minimum atomic E-state index is -0.404. The number of fused-ring (bicyclic) bond motifs is 1. The minimum Gasteiger partial charge on any atom is -0.469 e. The lowest BCUT2D eigenvalue weighted by Gasteiger charge is -2.21. The number of rotatable bonds is 3. The van der Waals surface area contributed by atoms with Gasteiger partial charge in [0.05, 0.1) is 24.4 Å². The second kappa shape index (κ2) is 5.35. The van der Waals surface area contributed by atoms with Gasteiger partial charge in [0.1, 0.15) is 0 Å². The van der Waals surface area contributed by atoms with Gasteiger partial charge in [-0.05, 0) is 39.8 Å². The molecule has 22 heavy (non-hydrogen) atoms. The molecule has 0 unspecified atom stereocenters. The molecule has 0 radical (unpaired) electrons. The summed E-state index contributed by atoms with van der Waals surface area (Å²) < 4.78 is 7.01. The van der Waals surface area contributed by atoms with E-state index < -0.39 is 5.41 Å². The maximum atomic E-state index is 11.9. The summed E-state index contributed by atoms with van der Waals surface area (Å²) in [7, 11) is 1.46. The second-order valence-electron chi connectivity index (χ2n) is 6.44. The van der Waals surface area contributed by atoms with Crippen molar-refractivity contribution in [3.05, 3.63) is 29.3 Å². The van der Waals surface area contributed by atoms with Crippen LogP contribution in [0.3, 0.4) is 0 Å². The third-order valence-electron chi connectivity index (χ3n) is 4.48. The molecule has 1 saturated heterocycles. The molecule has 0 N–H and O–H groups in total. The zero-order valence-electron chi connectivity index (χ0n) is 13.6. The van der Waals surface area contributed by atoms with Crippen LogP contribution < -0.4 is 0 Å². The van der Waals surface area contributed by atoms with E-state index in [-0.39, 0.29) is 5.97 Å². The van der Waals surface area contributed by atoms with Crippen LogP contribution in [0.4, 0.5) is 0 Å². The summed E-state index contributed by atoms with van der Waals surface area (Å²) in [5, 5.41) is 0. The molecule has 0 aromatic carbocycles. The molecule has 118 valence electrons. The van der Waals surface area contributed by atoms with Gasteiger partial charge in [0.15, 0.2) is 0 Å². The highest BCUT2D eigenvalue weighted by atomic mass is 16.5. The van der Waals surface area contributed by atoms with Crippen LogP contribution in [0.1, 0.15) is 30.4 Å². The lowest BCUT2D eigenvalue weighted by Crippen LogP contribution is -2.32. The van der Waals surface area contributed by atoms with Gasteiger partial charge < -0.3 is 4.74 Å². The molecular weight excluding hydrogens is 280 g/mol. The van der Waals surface area contributed by atoms with Crippen LogP contribution in [0.25, 0.3) is 5.78 Å². The van der Waals surface area contributed by atoms with Crippen LogP contribution in [-0.2, 0) is 16.1 Å². The summed E-state index contributed by atoms with van der Waals surface area (Å²) in [6.07, 6.45) is 2.70.